The number of aliphatic hydroxyl groups is 1. The lowest BCUT2D eigenvalue weighted by molar-refractivity contribution is 0.147. The van der Waals surface area contributed by atoms with Crippen LogP contribution < -0.4 is 0 Å². The van der Waals surface area contributed by atoms with Crippen LogP contribution in [0.2, 0.25) is 0 Å². The van der Waals surface area contributed by atoms with Crippen molar-refractivity contribution in [1.29, 1.82) is 0 Å². The third-order valence-electron chi connectivity index (χ3n) is 6.01. The van der Waals surface area contributed by atoms with Gasteiger partial charge in [0.05, 0.1) is 11.4 Å². The van der Waals surface area contributed by atoms with E-state index in [0.29, 0.717) is 25.7 Å². The number of aliphatic hydroxyl groups excluding tert-OH is 1. The molecule has 0 radical (unpaired) electrons. The van der Waals surface area contributed by atoms with Crippen LogP contribution in [0.5, 0.6) is 0 Å². The van der Waals surface area contributed by atoms with E-state index in [1.165, 1.54) is 64.2 Å². The zero-order valence-corrected chi connectivity index (χ0v) is 20.2. The summed E-state index contributed by atoms with van der Waals surface area (Å²) in [5.74, 6) is 0. The summed E-state index contributed by atoms with van der Waals surface area (Å²) < 4.78 is 32.8. The Hall–Kier alpha value is -0.130. The van der Waals surface area contributed by atoms with Gasteiger partial charge in [-0.05, 0) is 32.1 Å². The van der Waals surface area contributed by atoms with E-state index >= 15 is 0 Å². The second-order valence-corrected chi connectivity index (χ2v) is 10.6. The lowest BCUT2D eigenvalue weighted by Crippen LogP contribution is -2.21. The lowest BCUT2D eigenvalue weighted by Gasteiger charge is -2.15. The van der Waals surface area contributed by atoms with Gasteiger partial charge >= 0.3 is 0 Å². The minimum absolute atomic E-state index is 0.337. The molecule has 29 heavy (non-hydrogen) atoms. The van der Waals surface area contributed by atoms with Crippen LogP contribution in [-0.2, 0) is 10.1 Å². The molecule has 0 saturated carbocycles. The van der Waals surface area contributed by atoms with Gasteiger partial charge in [0.25, 0.3) is 10.1 Å². The minimum Gasteiger partial charge on any atom is -0.393 e. The first-order valence-electron chi connectivity index (χ1n) is 12.6. The molecule has 0 bridgehead atoms. The summed E-state index contributed by atoms with van der Waals surface area (Å²) in [5.41, 5.74) is 0. The molecule has 0 aliphatic carbocycles. The molecule has 2 N–H and O–H groups in total. The molecule has 0 aromatic carbocycles. The zero-order chi connectivity index (χ0) is 21.8. The van der Waals surface area contributed by atoms with Crippen molar-refractivity contribution in [2.45, 2.75) is 154 Å². The smallest absolute Gasteiger partial charge is 0.267 e. The Labute approximate surface area is 182 Å². The maximum atomic E-state index is 11.7. The van der Waals surface area contributed by atoms with Gasteiger partial charge in [0.1, 0.15) is 0 Å². The van der Waals surface area contributed by atoms with Crippen LogP contribution in [0, 0.1) is 0 Å². The largest absolute Gasteiger partial charge is 0.393 e. The lowest BCUT2D eigenvalue weighted by atomic mass is 10.0. The van der Waals surface area contributed by atoms with E-state index in [4.69, 9.17) is 0 Å². The predicted octanol–water partition coefficient (Wildman–Crippen LogP) is 7.45. The molecule has 0 aromatic heterocycles. The summed E-state index contributed by atoms with van der Waals surface area (Å²) in [6.45, 7) is 4.41. The topological polar surface area (TPSA) is 74.6 Å². The molecule has 0 heterocycles. The monoisotopic (exact) mass is 434 g/mol. The molecule has 0 saturated heterocycles. The van der Waals surface area contributed by atoms with Gasteiger partial charge in [-0.25, -0.2) is 0 Å². The quantitative estimate of drug-likeness (QED) is 0.137. The average Bonchev–Trinajstić information content (AvgIpc) is 2.67. The van der Waals surface area contributed by atoms with Gasteiger partial charge in [0, 0.05) is 0 Å². The molecule has 0 spiro atoms. The van der Waals surface area contributed by atoms with E-state index in [-0.39, 0.29) is 6.10 Å². The predicted molar refractivity (Wildman–Crippen MR) is 125 cm³/mol. The normalized spacial score (nSPS) is 14.2. The average molecular weight is 435 g/mol. The van der Waals surface area contributed by atoms with Crippen molar-refractivity contribution in [3.63, 3.8) is 0 Å². The van der Waals surface area contributed by atoms with Crippen molar-refractivity contribution in [1.82, 2.24) is 0 Å². The second kappa shape index (κ2) is 19.8. The summed E-state index contributed by atoms with van der Waals surface area (Å²) in [5, 5.41) is 9.37. The third kappa shape index (κ3) is 19.6. The first-order valence-corrected chi connectivity index (χ1v) is 14.1. The number of hydrogen-bond donors (Lipinski definition) is 2. The molecule has 0 amide bonds. The molecule has 0 aliphatic heterocycles. The van der Waals surface area contributed by atoms with Crippen LogP contribution >= 0.6 is 0 Å². The second-order valence-electron chi connectivity index (χ2n) is 8.90. The molecule has 5 heteroatoms. The van der Waals surface area contributed by atoms with Crippen LogP contribution in [0.15, 0.2) is 0 Å². The molecule has 0 aromatic rings. The fraction of sp³-hybridized carbons (Fsp3) is 1.00. The highest BCUT2D eigenvalue weighted by molar-refractivity contribution is 7.86. The maximum absolute atomic E-state index is 11.7. The Morgan fingerprint density at radius 3 is 1.38 bits per heavy atom. The molecule has 0 fully saturated rings. The Balaban J connectivity index is 3.77. The molecule has 0 aliphatic rings. The SMILES string of the molecule is CCCCCCCCCCCCCC(CCCC(O)CCCCCC)S(=O)(=O)O. The van der Waals surface area contributed by atoms with Crippen molar-refractivity contribution in [3.8, 4) is 0 Å². The first kappa shape index (κ1) is 28.9. The number of rotatable bonds is 22. The molecule has 0 rings (SSSR count). The summed E-state index contributed by atoms with van der Waals surface area (Å²) >= 11 is 0. The molecular formula is C24H50O4S. The van der Waals surface area contributed by atoms with Crippen molar-refractivity contribution in [2.75, 3.05) is 0 Å². The highest BCUT2D eigenvalue weighted by atomic mass is 32.2. The van der Waals surface area contributed by atoms with Crippen LogP contribution in [0.25, 0.3) is 0 Å². The fourth-order valence-electron chi connectivity index (χ4n) is 4.01. The van der Waals surface area contributed by atoms with Crippen LogP contribution in [0.4, 0.5) is 0 Å². The van der Waals surface area contributed by atoms with E-state index in [1.807, 2.05) is 0 Å². The van der Waals surface area contributed by atoms with Crippen molar-refractivity contribution >= 4 is 10.1 Å². The Kier molecular flexibility index (Phi) is 19.7. The van der Waals surface area contributed by atoms with E-state index in [9.17, 15) is 18.1 Å². The Morgan fingerprint density at radius 1 is 0.552 bits per heavy atom. The van der Waals surface area contributed by atoms with Gasteiger partial charge in [-0.1, -0.05) is 110 Å². The number of unbranched alkanes of at least 4 members (excludes halogenated alkanes) is 13. The van der Waals surface area contributed by atoms with E-state index < -0.39 is 15.4 Å². The van der Waals surface area contributed by atoms with Gasteiger partial charge < -0.3 is 5.11 Å². The Morgan fingerprint density at radius 2 is 0.897 bits per heavy atom. The van der Waals surface area contributed by atoms with Gasteiger partial charge in [0.2, 0.25) is 0 Å². The minimum atomic E-state index is -3.98. The van der Waals surface area contributed by atoms with Gasteiger partial charge in [-0.15, -0.1) is 0 Å². The highest BCUT2D eigenvalue weighted by Crippen LogP contribution is 2.20. The maximum Gasteiger partial charge on any atom is 0.267 e. The molecule has 4 nitrogen and oxygen atoms in total. The van der Waals surface area contributed by atoms with Crippen LogP contribution in [-0.4, -0.2) is 29.4 Å². The van der Waals surface area contributed by atoms with E-state index in [1.54, 1.807) is 0 Å². The van der Waals surface area contributed by atoms with Crippen LogP contribution in [0.3, 0.4) is 0 Å². The fourth-order valence-corrected chi connectivity index (χ4v) is 4.94. The summed E-state index contributed by atoms with van der Waals surface area (Å²) in [6.07, 6.45) is 21.0. The van der Waals surface area contributed by atoms with Crippen molar-refractivity contribution in [2.24, 2.45) is 0 Å². The van der Waals surface area contributed by atoms with Crippen molar-refractivity contribution in [3.05, 3.63) is 0 Å². The molecular weight excluding hydrogens is 384 g/mol. The van der Waals surface area contributed by atoms with Gasteiger partial charge in [-0.2, -0.15) is 8.42 Å². The zero-order valence-electron chi connectivity index (χ0n) is 19.4. The summed E-state index contributed by atoms with van der Waals surface area (Å²) in [6, 6.07) is 0. The molecule has 2 atom stereocenters. The summed E-state index contributed by atoms with van der Waals surface area (Å²) in [4.78, 5) is 0. The van der Waals surface area contributed by atoms with Crippen LogP contribution in [0.1, 0.15) is 142 Å². The van der Waals surface area contributed by atoms with Crippen molar-refractivity contribution < 1.29 is 18.1 Å². The first-order chi connectivity index (χ1) is 13.9. The Bertz CT molecular complexity index is 436. The van der Waals surface area contributed by atoms with E-state index in [2.05, 4.69) is 13.8 Å². The standard InChI is InChI=1S/C24H50O4S/c1-3-5-7-9-10-11-12-13-14-15-17-21-24(29(26,27)28)22-18-20-23(25)19-16-8-6-4-2/h23-25H,3-22H2,1-2H3,(H,26,27,28). The van der Waals surface area contributed by atoms with Gasteiger partial charge in [-0.3, -0.25) is 4.55 Å². The highest BCUT2D eigenvalue weighted by Gasteiger charge is 2.22. The van der Waals surface area contributed by atoms with E-state index in [0.717, 1.165) is 38.5 Å². The number of hydrogen-bond acceptors (Lipinski definition) is 3. The third-order valence-corrected chi connectivity index (χ3v) is 7.32. The molecule has 176 valence electrons. The molecule has 2 unspecified atom stereocenters. The van der Waals surface area contributed by atoms with Gasteiger partial charge in [0.15, 0.2) is 0 Å². The summed E-state index contributed by atoms with van der Waals surface area (Å²) in [7, 11) is -3.98.